The molecule has 1 aliphatic heterocycles. The van der Waals surface area contributed by atoms with Gasteiger partial charge in [0.05, 0.1) is 9.95 Å². The molecule has 1 N–H and O–H groups in total. The summed E-state index contributed by atoms with van der Waals surface area (Å²) in [6.07, 6.45) is 2.97. The highest BCUT2D eigenvalue weighted by Crippen LogP contribution is 2.31. The number of aromatic nitrogens is 1. The van der Waals surface area contributed by atoms with Crippen LogP contribution in [0.15, 0.2) is 12.3 Å². The minimum atomic E-state index is -0.513. The molecule has 6 nitrogen and oxygen atoms in total. The minimum Gasteiger partial charge on any atom is -0.396 e. The van der Waals surface area contributed by atoms with E-state index in [1.807, 2.05) is 4.90 Å². The topological polar surface area (TPSA) is 79.5 Å². The molecule has 0 aliphatic carbocycles. The lowest BCUT2D eigenvalue weighted by molar-refractivity contribution is -0.385. The van der Waals surface area contributed by atoms with E-state index in [0.29, 0.717) is 16.8 Å². The molecule has 0 unspecified atom stereocenters. The highest BCUT2D eigenvalue weighted by atomic mass is 35.5. The lowest BCUT2D eigenvalue weighted by Gasteiger charge is -2.18. The van der Waals surface area contributed by atoms with Crippen molar-refractivity contribution in [1.82, 2.24) is 4.98 Å². The van der Waals surface area contributed by atoms with Gasteiger partial charge in [0.1, 0.15) is 12.0 Å². The van der Waals surface area contributed by atoms with Crippen molar-refractivity contribution in [3.8, 4) is 0 Å². The number of pyridine rings is 1. The van der Waals surface area contributed by atoms with E-state index < -0.39 is 4.92 Å². The summed E-state index contributed by atoms with van der Waals surface area (Å²) in [6.45, 7) is 1.78. The van der Waals surface area contributed by atoms with E-state index in [-0.39, 0.29) is 12.3 Å². The second kappa shape index (κ2) is 5.49. The second-order valence-corrected chi connectivity index (χ2v) is 4.78. The number of aliphatic hydroxyl groups excluding tert-OH is 1. The zero-order valence-electron chi connectivity index (χ0n) is 9.75. The number of aliphatic hydroxyl groups is 1. The average Bonchev–Trinajstić information content (AvgIpc) is 2.77. The molecule has 0 bridgehead atoms. The van der Waals surface area contributed by atoms with E-state index in [4.69, 9.17) is 16.7 Å². The monoisotopic (exact) mass is 271 g/mol. The normalized spacial score (nSPS) is 19.2. The summed E-state index contributed by atoms with van der Waals surface area (Å²) in [7, 11) is 0. The van der Waals surface area contributed by atoms with Crippen molar-refractivity contribution in [2.45, 2.75) is 12.8 Å². The number of hydrogen-bond donors (Lipinski definition) is 1. The van der Waals surface area contributed by atoms with Crippen LogP contribution in [-0.2, 0) is 0 Å². The van der Waals surface area contributed by atoms with Crippen LogP contribution in [0.3, 0.4) is 0 Å². The van der Waals surface area contributed by atoms with Crippen LogP contribution in [0, 0.1) is 16.0 Å². The third kappa shape index (κ3) is 2.70. The smallest absolute Gasteiger partial charge is 0.289 e. The van der Waals surface area contributed by atoms with Crippen LogP contribution in [0.1, 0.15) is 12.8 Å². The Morgan fingerprint density at radius 1 is 1.67 bits per heavy atom. The maximum absolute atomic E-state index is 10.6. The van der Waals surface area contributed by atoms with Crippen molar-refractivity contribution in [2.24, 2.45) is 5.92 Å². The number of anilines is 1. The molecule has 0 spiro atoms. The molecule has 0 saturated carbocycles. The summed E-state index contributed by atoms with van der Waals surface area (Å²) in [6, 6.07) is 1.32. The first-order valence-electron chi connectivity index (χ1n) is 5.77. The zero-order chi connectivity index (χ0) is 13.1. The summed E-state index contributed by atoms with van der Waals surface area (Å²) < 4.78 is 0. The molecule has 1 fully saturated rings. The van der Waals surface area contributed by atoms with Crippen LogP contribution in [0.25, 0.3) is 0 Å². The summed E-state index contributed by atoms with van der Waals surface area (Å²) >= 11 is 6.02. The highest BCUT2D eigenvalue weighted by Gasteiger charge is 2.25. The number of nitrogens with zero attached hydrogens (tertiary/aromatic N) is 3. The lowest BCUT2D eigenvalue weighted by atomic mass is 10.1. The van der Waals surface area contributed by atoms with Crippen LogP contribution in [0.5, 0.6) is 0 Å². The second-order valence-electron chi connectivity index (χ2n) is 4.37. The molecule has 0 amide bonds. The van der Waals surface area contributed by atoms with Crippen LogP contribution >= 0.6 is 11.6 Å². The number of nitro groups is 1. The fourth-order valence-electron chi connectivity index (χ4n) is 2.20. The Balaban J connectivity index is 2.12. The van der Waals surface area contributed by atoms with Crippen molar-refractivity contribution in [3.05, 3.63) is 27.4 Å². The van der Waals surface area contributed by atoms with Crippen molar-refractivity contribution in [1.29, 1.82) is 0 Å². The van der Waals surface area contributed by atoms with Gasteiger partial charge >= 0.3 is 0 Å². The molecule has 2 rings (SSSR count). The predicted molar refractivity (Wildman–Crippen MR) is 67.9 cm³/mol. The quantitative estimate of drug-likeness (QED) is 0.668. The number of halogens is 1. The third-order valence-corrected chi connectivity index (χ3v) is 3.42. The molecule has 2 heterocycles. The molecule has 0 aromatic carbocycles. The lowest BCUT2D eigenvalue weighted by Crippen LogP contribution is -2.21. The summed E-state index contributed by atoms with van der Waals surface area (Å²) in [5, 5.41) is 19.8. The van der Waals surface area contributed by atoms with Gasteiger partial charge in [-0.25, -0.2) is 4.98 Å². The van der Waals surface area contributed by atoms with Gasteiger partial charge in [-0.3, -0.25) is 10.1 Å². The van der Waals surface area contributed by atoms with Gasteiger partial charge in [-0.15, -0.1) is 0 Å². The first-order chi connectivity index (χ1) is 8.61. The standard InChI is InChI=1S/C11H14ClN3O3/c12-10-5-9(15(17)18)6-13-11(10)14-3-1-8(7-14)2-4-16/h5-6,8,16H,1-4,7H2/t8-/m0/s1. The van der Waals surface area contributed by atoms with Gasteiger partial charge in [-0.1, -0.05) is 11.6 Å². The van der Waals surface area contributed by atoms with E-state index in [9.17, 15) is 10.1 Å². The number of hydrogen-bond acceptors (Lipinski definition) is 5. The molecule has 7 heteroatoms. The van der Waals surface area contributed by atoms with Gasteiger partial charge in [0.2, 0.25) is 0 Å². The first-order valence-corrected chi connectivity index (χ1v) is 6.15. The Hall–Kier alpha value is -1.40. The average molecular weight is 272 g/mol. The maximum atomic E-state index is 10.6. The largest absolute Gasteiger partial charge is 0.396 e. The highest BCUT2D eigenvalue weighted by molar-refractivity contribution is 6.33. The SMILES string of the molecule is O=[N+]([O-])c1cnc(N2CC[C@@H](CCO)C2)c(Cl)c1. The van der Waals surface area contributed by atoms with E-state index >= 15 is 0 Å². The summed E-state index contributed by atoms with van der Waals surface area (Å²) in [5.41, 5.74) is -0.102. The molecule has 1 aromatic rings. The van der Waals surface area contributed by atoms with Crippen LogP contribution in [0.4, 0.5) is 11.5 Å². The summed E-state index contributed by atoms with van der Waals surface area (Å²) in [5.74, 6) is 1.02. The molecular formula is C11H14ClN3O3. The van der Waals surface area contributed by atoms with Gasteiger partial charge in [0, 0.05) is 25.8 Å². The van der Waals surface area contributed by atoms with E-state index in [0.717, 1.165) is 25.9 Å². The van der Waals surface area contributed by atoms with Gasteiger partial charge in [-0.2, -0.15) is 0 Å². The summed E-state index contributed by atoms with van der Waals surface area (Å²) in [4.78, 5) is 16.1. The Morgan fingerprint density at radius 2 is 2.44 bits per heavy atom. The van der Waals surface area contributed by atoms with Gasteiger partial charge in [-0.05, 0) is 18.8 Å². The molecule has 1 aromatic heterocycles. The molecular weight excluding hydrogens is 258 g/mol. The maximum Gasteiger partial charge on any atom is 0.289 e. The Labute approximate surface area is 109 Å². The van der Waals surface area contributed by atoms with Crippen LogP contribution in [-0.4, -0.2) is 34.7 Å². The van der Waals surface area contributed by atoms with Gasteiger partial charge in [0.25, 0.3) is 5.69 Å². The molecule has 18 heavy (non-hydrogen) atoms. The molecule has 0 radical (unpaired) electrons. The molecule has 1 aliphatic rings. The van der Waals surface area contributed by atoms with Crippen molar-refractivity contribution < 1.29 is 10.0 Å². The van der Waals surface area contributed by atoms with Gasteiger partial charge in [0.15, 0.2) is 0 Å². The Morgan fingerprint density at radius 3 is 3.06 bits per heavy atom. The first kappa shape index (κ1) is 13.0. The minimum absolute atomic E-state index is 0.102. The van der Waals surface area contributed by atoms with E-state index in [1.165, 1.54) is 12.3 Å². The van der Waals surface area contributed by atoms with Gasteiger partial charge < -0.3 is 10.0 Å². The van der Waals surface area contributed by atoms with Crippen LogP contribution < -0.4 is 4.90 Å². The zero-order valence-corrected chi connectivity index (χ0v) is 10.5. The van der Waals surface area contributed by atoms with E-state index in [1.54, 1.807) is 0 Å². The van der Waals surface area contributed by atoms with Crippen molar-refractivity contribution in [3.63, 3.8) is 0 Å². The molecule has 1 atom stereocenters. The molecule has 1 saturated heterocycles. The fraction of sp³-hybridized carbons (Fsp3) is 0.545. The van der Waals surface area contributed by atoms with E-state index in [2.05, 4.69) is 4.98 Å². The van der Waals surface area contributed by atoms with Crippen molar-refractivity contribution >= 4 is 23.1 Å². The Kier molecular flexibility index (Phi) is 3.98. The molecule has 98 valence electrons. The van der Waals surface area contributed by atoms with Crippen molar-refractivity contribution in [2.75, 3.05) is 24.6 Å². The third-order valence-electron chi connectivity index (χ3n) is 3.14. The predicted octanol–water partition coefficient (Wildman–Crippen LogP) is 1.85. The fourth-order valence-corrected chi connectivity index (χ4v) is 2.48. The Bertz CT molecular complexity index is 455. The van der Waals surface area contributed by atoms with Crippen LogP contribution in [0.2, 0.25) is 5.02 Å². The number of rotatable bonds is 4.